The molecule has 0 aliphatic carbocycles. The molecule has 1 N–H and O–H groups in total. The number of rotatable bonds is 6. The van der Waals surface area contributed by atoms with Gasteiger partial charge in [0.2, 0.25) is 10.0 Å². The molecule has 0 fully saturated rings. The van der Waals surface area contributed by atoms with Crippen LogP contribution in [0.15, 0.2) is 65.6 Å². The average molecular weight is 421 g/mol. The first-order valence-corrected chi connectivity index (χ1v) is 10.1. The molecule has 0 aliphatic heterocycles. The molecule has 0 aromatic heterocycles. The zero-order chi connectivity index (χ0) is 21.2. The van der Waals surface area contributed by atoms with Crippen LogP contribution in [0.2, 0.25) is 0 Å². The highest BCUT2D eigenvalue weighted by Crippen LogP contribution is 2.32. The van der Waals surface area contributed by atoms with Crippen molar-refractivity contribution in [3.8, 4) is 16.9 Å². The minimum absolute atomic E-state index is 0.00532. The zero-order valence-electron chi connectivity index (χ0n) is 15.6. The fourth-order valence-corrected chi connectivity index (χ4v) is 4.19. The van der Waals surface area contributed by atoms with Crippen molar-refractivity contribution in [2.24, 2.45) is 0 Å². The number of nitrogens with one attached hydrogen (secondary N) is 1. The summed E-state index contributed by atoms with van der Waals surface area (Å²) < 4.78 is 74.6. The van der Waals surface area contributed by atoms with E-state index in [-0.39, 0.29) is 16.0 Å². The summed E-state index contributed by atoms with van der Waals surface area (Å²) in [7, 11) is -2.46. The van der Waals surface area contributed by atoms with Crippen molar-refractivity contribution in [3.63, 3.8) is 0 Å². The highest BCUT2D eigenvalue weighted by atomic mass is 32.2. The number of sulfonamides is 1. The van der Waals surface area contributed by atoms with Crippen LogP contribution in [0, 0.1) is 17.5 Å². The number of hydrogen-bond acceptors (Lipinski definition) is 3. The van der Waals surface area contributed by atoms with E-state index in [0.29, 0.717) is 11.3 Å². The van der Waals surface area contributed by atoms with Crippen molar-refractivity contribution < 1.29 is 26.3 Å². The van der Waals surface area contributed by atoms with Crippen LogP contribution in [0.4, 0.5) is 13.2 Å². The molecule has 3 aromatic carbocycles. The molecular formula is C21H18F3NO3S. The topological polar surface area (TPSA) is 55.4 Å². The molecule has 0 spiro atoms. The van der Waals surface area contributed by atoms with Gasteiger partial charge in [0.25, 0.3) is 0 Å². The van der Waals surface area contributed by atoms with E-state index in [9.17, 15) is 21.6 Å². The summed E-state index contributed by atoms with van der Waals surface area (Å²) in [5.74, 6) is -1.59. The summed E-state index contributed by atoms with van der Waals surface area (Å²) in [6.07, 6.45) is 0. The number of methoxy groups -OCH3 is 1. The third-order valence-electron chi connectivity index (χ3n) is 4.40. The Balaban J connectivity index is 1.99. The van der Waals surface area contributed by atoms with Crippen LogP contribution < -0.4 is 9.46 Å². The summed E-state index contributed by atoms with van der Waals surface area (Å²) in [5, 5.41) is 0. The predicted molar refractivity (Wildman–Crippen MR) is 103 cm³/mol. The van der Waals surface area contributed by atoms with Gasteiger partial charge in [0.1, 0.15) is 23.2 Å². The normalized spacial score (nSPS) is 12.6. The second-order valence-corrected chi connectivity index (χ2v) is 8.09. The van der Waals surface area contributed by atoms with Gasteiger partial charge in [0.15, 0.2) is 0 Å². The van der Waals surface area contributed by atoms with Crippen LogP contribution in [-0.2, 0) is 10.0 Å². The third-order valence-corrected chi connectivity index (χ3v) is 5.96. The molecule has 0 radical (unpaired) electrons. The Morgan fingerprint density at radius 2 is 1.45 bits per heavy atom. The minimum atomic E-state index is -3.93. The lowest BCUT2D eigenvalue weighted by atomic mass is 9.95. The highest BCUT2D eigenvalue weighted by molar-refractivity contribution is 7.89. The summed E-state index contributed by atoms with van der Waals surface area (Å²) in [6.45, 7) is 1.54. The van der Waals surface area contributed by atoms with Crippen LogP contribution in [0.25, 0.3) is 11.1 Å². The number of halogens is 3. The predicted octanol–water partition coefficient (Wildman–Crippen LogP) is 4.82. The smallest absolute Gasteiger partial charge is 0.241 e. The van der Waals surface area contributed by atoms with E-state index in [1.165, 1.54) is 44.4 Å². The first-order chi connectivity index (χ1) is 13.7. The lowest BCUT2D eigenvalue weighted by Gasteiger charge is -2.19. The number of hydrogen-bond donors (Lipinski definition) is 1. The van der Waals surface area contributed by atoms with Crippen LogP contribution in [0.3, 0.4) is 0 Å². The summed E-state index contributed by atoms with van der Waals surface area (Å²) in [6, 6.07) is 11.3. The van der Waals surface area contributed by atoms with Gasteiger partial charge in [-0.1, -0.05) is 6.07 Å². The second-order valence-electron chi connectivity index (χ2n) is 6.37. The molecule has 3 rings (SSSR count). The molecule has 29 heavy (non-hydrogen) atoms. The first-order valence-electron chi connectivity index (χ1n) is 8.62. The fraction of sp³-hybridized carbons (Fsp3) is 0.143. The minimum Gasteiger partial charge on any atom is -0.497 e. The van der Waals surface area contributed by atoms with Gasteiger partial charge in [-0.2, -0.15) is 0 Å². The van der Waals surface area contributed by atoms with Gasteiger partial charge in [0, 0.05) is 11.6 Å². The van der Waals surface area contributed by atoms with Gasteiger partial charge in [-0.3, -0.25) is 0 Å². The van der Waals surface area contributed by atoms with Crippen molar-refractivity contribution in [2.45, 2.75) is 17.9 Å². The van der Waals surface area contributed by atoms with Crippen molar-refractivity contribution >= 4 is 10.0 Å². The van der Waals surface area contributed by atoms with Crippen molar-refractivity contribution in [2.75, 3.05) is 7.11 Å². The Labute approximate surface area is 167 Å². The first kappa shape index (κ1) is 20.9. The van der Waals surface area contributed by atoms with Gasteiger partial charge in [-0.05, 0) is 72.6 Å². The maximum atomic E-state index is 14.3. The highest BCUT2D eigenvalue weighted by Gasteiger charge is 2.22. The quantitative estimate of drug-likeness (QED) is 0.621. The number of ether oxygens (including phenoxy) is 1. The zero-order valence-corrected chi connectivity index (χ0v) is 16.4. The van der Waals surface area contributed by atoms with Gasteiger partial charge in [-0.15, -0.1) is 0 Å². The van der Waals surface area contributed by atoms with Crippen LogP contribution in [0.1, 0.15) is 18.5 Å². The molecule has 8 heteroatoms. The monoisotopic (exact) mass is 421 g/mol. The molecule has 0 amide bonds. The largest absolute Gasteiger partial charge is 0.497 e. The summed E-state index contributed by atoms with van der Waals surface area (Å²) in [4.78, 5) is 0.00532. The Morgan fingerprint density at radius 1 is 0.862 bits per heavy atom. The van der Waals surface area contributed by atoms with E-state index in [1.807, 2.05) is 0 Å². The van der Waals surface area contributed by atoms with Crippen molar-refractivity contribution in [1.82, 2.24) is 4.72 Å². The summed E-state index contributed by atoms with van der Waals surface area (Å²) >= 11 is 0. The average Bonchev–Trinajstić information content (AvgIpc) is 2.69. The van der Waals surface area contributed by atoms with E-state index in [0.717, 1.165) is 30.3 Å². The Kier molecular flexibility index (Phi) is 5.95. The van der Waals surface area contributed by atoms with E-state index in [2.05, 4.69) is 4.72 Å². The standard InChI is InChI=1S/C21H18F3NO3S/c1-13(25-29(26,27)17-7-5-16(28-2)6-8-17)18-9-3-14(22)11-19(18)20-12-15(23)4-10-21(20)24/h3-13,25H,1-2H3. The molecule has 4 nitrogen and oxygen atoms in total. The van der Waals surface area contributed by atoms with Gasteiger partial charge < -0.3 is 4.74 Å². The molecular weight excluding hydrogens is 403 g/mol. The Bertz CT molecular complexity index is 1130. The molecule has 152 valence electrons. The van der Waals surface area contributed by atoms with E-state index >= 15 is 0 Å². The molecule has 0 saturated heterocycles. The molecule has 0 aliphatic rings. The molecule has 1 unspecified atom stereocenters. The lowest BCUT2D eigenvalue weighted by Crippen LogP contribution is -2.27. The lowest BCUT2D eigenvalue weighted by molar-refractivity contribution is 0.414. The second kappa shape index (κ2) is 8.26. The SMILES string of the molecule is COc1ccc(S(=O)(=O)NC(C)c2ccc(F)cc2-c2cc(F)ccc2F)cc1. The summed E-state index contributed by atoms with van der Waals surface area (Å²) in [5.41, 5.74) is 0.204. The molecule has 0 saturated carbocycles. The number of benzene rings is 3. The van der Waals surface area contributed by atoms with Crippen molar-refractivity contribution in [3.05, 3.63) is 83.7 Å². The maximum absolute atomic E-state index is 14.3. The Morgan fingerprint density at radius 3 is 2.07 bits per heavy atom. The van der Waals surface area contributed by atoms with E-state index < -0.39 is 33.5 Å². The molecule has 0 heterocycles. The van der Waals surface area contributed by atoms with Gasteiger partial charge >= 0.3 is 0 Å². The van der Waals surface area contributed by atoms with Crippen LogP contribution in [0.5, 0.6) is 5.75 Å². The van der Waals surface area contributed by atoms with Gasteiger partial charge in [-0.25, -0.2) is 26.3 Å². The third kappa shape index (κ3) is 4.60. The molecule has 0 bridgehead atoms. The van der Waals surface area contributed by atoms with Crippen molar-refractivity contribution in [1.29, 1.82) is 0 Å². The van der Waals surface area contributed by atoms with E-state index in [1.54, 1.807) is 0 Å². The maximum Gasteiger partial charge on any atom is 0.241 e. The van der Waals surface area contributed by atoms with Crippen LogP contribution in [-0.4, -0.2) is 15.5 Å². The van der Waals surface area contributed by atoms with Crippen LogP contribution >= 0.6 is 0 Å². The van der Waals surface area contributed by atoms with Gasteiger partial charge in [0.05, 0.1) is 12.0 Å². The molecule has 3 aromatic rings. The van der Waals surface area contributed by atoms with E-state index in [4.69, 9.17) is 4.74 Å². The Hall–Kier alpha value is -2.84. The molecule has 1 atom stereocenters. The fourth-order valence-electron chi connectivity index (χ4n) is 2.96.